The van der Waals surface area contributed by atoms with Crippen LogP contribution in [0.25, 0.3) is 11.4 Å². The number of pyridine rings is 1. The average molecular weight is 347 g/mol. The smallest absolute Gasteiger partial charge is 0.253 e. The Kier molecular flexibility index (Phi) is 4.75. The van der Waals surface area contributed by atoms with Crippen LogP contribution in [-0.4, -0.2) is 56.8 Å². The molecule has 0 aliphatic carbocycles. The molecule has 2 aromatic heterocycles. The number of amides is 1. The third-order valence-electron chi connectivity index (χ3n) is 4.67. The fourth-order valence-corrected chi connectivity index (χ4v) is 3.26. The van der Waals surface area contributed by atoms with Gasteiger partial charge < -0.3 is 9.88 Å². The number of carbonyl (C=O) groups is 1. The minimum Gasteiger partial charge on any atom is -0.345 e. The molecule has 0 atom stereocenters. The summed E-state index contributed by atoms with van der Waals surface area (Å²) in [5.74, 6) is 0.861. The van der Waals surface area contributed by atoms with Crippen molar-refractivity contribution in [2.75, 3.05) is 26.2 Å². The van der Waals surface area contributed by atoms with Gasteiger partial charge in [-0.25, -0.2) is 4.98 Å². The summed E-state index contributed by atoms with van der Waals surface area (Å²) >= 11 is 0. The van der Waals surface area contributed by atoms with Gasteiger partial charge in [-0.2, -0.15) is 0 Å². The number of benzene rings is 1. The summed E-state index contributed by atoms with van der Waals surface area (Å²) in [4.78, 5) is 28.6. The van der Waals surface area contributed by atoms with E-state index >= 15 is 0 Å². The standard InChI is InChI=1S/C20H21N5O/c26-20(18-5-1-4-17(13-18)19-22-7-8-23-19)25-11-9-24(10-12-25)15-16-3-2-6-21-14-16/h1-8,13-14H,9-12,15H2,(H,22,23). The van der Waals surface area contributed by atoms with E-state index in [1.807, 2.05) is 41.4 Å². The van der Waals surface area contributed by atoms with Crippen molar-refractivity contribution in [1.29, 1.82) is 0 Å². The molecule has 0 radical (unpaired) electrons. The van der Waals surface area contributed by atoms with Crippen LogP contribution < -0.4 is 0 Å². The first-order valence-electron chi connectivity index (χ1n) is 8.80. The molecular formula is C20H21N5O. The monoisotopic (exact) mass is 347 g/mol. The zero-order valence-corrected chi connectivity index (χ0v) is 14.5. The molecule has 1 N–H and O–H groups in total. The minimum absolute atomic E-state index is 0.0828. The van der Waals surface area contributed by atoms with Gasteiger partial charge in [0.25, 0.3) is 5.91 Å². The molecule has 3 heterocycles. The highest BCUT2D eigenvalue weighted by molar-refractivity contribution is 5.95. The fourth-order valence-electron chi connectivity index (χ4n) is 3.26. The molecule has 0 bridgehead atoms. The Morgan fingerprint density at radius 2 is 1.96 bits per heavy atom. The molecule has 1 saturated heterocycles. The third-order valence-corrected chi connectivity index (χ3v) is 4.67. The van der Waals surface area contributed by atoms with Crippen molar-refractivity contribution in [2.24, 2.45) is 0 Å². The molecule has 132 valence electrons. The van der Waals surface area contributed by atoms with Gasteiger partial charge in [-0.3, -0.25) is 14.7 Å². The van der Waals surface area contributed by atoms with Crippen LogP contribution in [0.2, 0.25) is 0 Å². The predicted octanol–water partition coefficient (Wildman–Crippen LogP) is 2.43. The van der Waals surface area contributed by atoms with E-state index < -0.39 is 0 Å². The molecule has 4 rings (SSSR count). The molecule has 1 aromatic carbocycles. The maximum atomic E-state index is 12.9. The Labute approximate surface area is 152 Å². The number of piperazine rings is 1. The van der Waals surface area contributed by atoms with E-state index in [-0.39, 0.29) is 5.91 Å². The van der Waals surface area contributed by atoms with Crippen LogP contribution in [0.4, 0.5) is 0 Å². The van der Waals surface area contributed by atoms with Gasteiger partial charge >= 0.3 is 0 Å². The van der Waals surface area contributed by atoms with Crippen molar-refractivity contribution in [1.82, 2.24) is 24.8 Å². The summed E-state index contributed by atoms with van der Waals surface area (Å²) in [5.41, 5.74) is 2.84. The third kappa shape index (κ3) is 3.65. The second-order valence-corrected chi connectivity index (χ2v) is 6.45. The first kappa shape index (κ1) is 16.5. The number of imidazole rings is 1. The summed E-state index contributed by atoms with van der Waals surface area (Å²) in [7, 11) is 0. The molecule has 1 amide bonds. The summed E-state index contributed by atoms with van der Waals surface area (Å²) in [6, 6.07) is 11.7. The number of hydrogen-bond donors (Lipinski definition) is 1. The Hall–Kier alpha value is -2.99. The molecular weight excluding hydrogens is 326 g/mol. The normalized spacial score (nSPS) is 15.2. The van der Waals surface area contributed by atoms with E-state index in [9.17, 15) is 4.79 Å². The van der Waals surface area contributed by atoms with Crippen LogP contribution in [0.5, 0.6) is 0 Å². The topological polar surface area (TPSA) is 65.1 Å². The van der Waals surface area contributed by atoms with Crippen LogP contribution in [-0.2, 0) is 6.54 Å². The molecule has 1 aliphatic rings. The van der Waals surface area contributed by atoms with Gasteiger partial charge in [0.15, 0.2) is 0 Å². The number of nitrogens with zero attached hydrogens (tertiary/aromatic N) is 4. The maximum absolute atomic E-state index is 12.9. The molecule has 3 aromatic rings. The van der Waals surface area contributed by atoms with E-state index in [4.69, 9.17) is 0 Å². The SMILES string of the molecule is O=C(c1cccc(-c2ncc[nH]2)c1)N1CCN(Cc2cccnc2)CC1. The lowest BCUT2D eigenvalue weighted by atomic mass is 10.1. The molecule has 1 fully saturated rings. The van der Waals surface area contributed by atoms with E-state index in [1.54, 1.807) is 18.6 Å². The lowest BCUT2D eigenvalue weighted by Crippen LogP contribution is -2.48. The zero-order chi connectivity index (χ0) is 17.8. The van der Waals surface area contributed by atoms with Crippen molar-refractivity contribution in [3.63, 3.8) is 0 Å². The van der Waals surface area contributed by atoms with Crippen molar-refractivity contribution < 1.29 is 4.79 Å². The first-order chi connectivity index (χ1) is 12.8. The predicted molar refractivity (Wildman–Crippen MR) is 99.4 cm³/mol. The highest BCUT2D eigenvalue weighted by Crippen LogP contribution is 2.18. The summed E-state index contributed by atoms with van der Waals surface area (Å²) in [6.45, 7) is 4.11. The highest BCUT2D eigenvalue weighted by Gasteiger charge is 2.22. The van der Waals surface area contributed by atoms with Gasteiger partial charge in [-0.1, -0.05) is 18.2 Å². The first-order valence-corrected chi connectivity index (χ1v) is 8.80. The van der Waals surface area contributed by atoms with E-state index in [0.717, 1.165) is 44.1 Å². The van der Waals surface area contributed by atoms with E-state index in [0.29, 0.717) is 5.56 Å². The number of H-pyrrole nitrogens is 1. The largest absolute Gasteiger partial charge is 0.345 e. The second-order valence-electron chi connectivity index (χ2n) is 6.45. The number of rotatable bonds is 4. The van der Waals surface area contributed by atoms with Crippen molar-refractivity contribution in [2.45, 2.75) is 6.54 Å². The molecule has 0 spiro atoms. The summed E-state index contributed by atoms with van der Waals surface area (Å²) in [6.07, 6.45) is 7.19. The Bertz CT molecular complexity index is 855. The van der Waals surface area contributed by atoms with Crippen molar-refractivity contribution >= 4 is 5.91 Å². The molecule has 26 heavy (non-hydrogen) atoms. The average Bonchev–Trinajstić information content (AvgIpc) is 3.24. The molecule has 6 heteroatoms. The van der Waals surface area contributed by atoms with Gasteiger partial charge in [0, 0.05) is 68.6 Å². The summed E-state index contributed by atoms with van der Waals surface area (Å²) < 4.78 is 0. The van der Waals surface area contributed by atoms with Gasteiger partial charge in [-0.15, -0.1) is 0 Å². The second kappa shape index (κ2) is 7.49. The van der Waals surface area contributed by atoms with Gasteiger partial charge in [0.1, 0.15) is 5.82 Å². The van der Waals surface area contributed by atoms with Crippen molar-refractivity contribution in [3.05, 3.63) is 72.3 Å². The van der Waals surface area contributed by atoms with Crippen LogP contribution in [0.15, 0.2) is 61.2 Å². The van der Waals surface area contributed by atoms with Crippen LogP contribution in [0.1, 0.15) is 15.9 Å². The Morgan fingerprint density at radius 3 is 2.69 bits per heavy atom. The Balaban J connectivity index is 1.39. The van der Waals surface area contributed by atoms with Crippen molar-refractivity contribution in [3.8, 4) is 11.4 Å². The number of hydrogen-bond acceptors (Lipinski definition) is 4. The lowest BCUT2D eigenvalue weighted by molar-refractivity contribution is 0.0628. The van der Waals surface area contributed by atoms with Gasteiger partial charge in [0.05, 0.1) is 0 Å². The van der Waals surface area contributed by atoms with Crippen LogP contribution in [0.3, 0.4) is 0 Å². The number of aromatic amines is 1. The lowest BCUT2D eigenvalue weighted by Gasteiger charge is -2.34. The van der Waals surface area contributed by atoms with E-state index in [2.05, 4.69) is 25.9 Å². The number of aromatic nitrogens is 3. The van der Waals surface area contributed by atoms with Gasteiger partial charge in [0.2, 0.25) is 0 Å². The highest BCUT2D eigenvalue weighted by atomic mass is 16.2. The molecule has 6 nitrogen and oxygen atoms in total. The Morgan fingerprint density at radius 1 is 1.08 bits per heavy atom. The number of nitrogens with one attached hydrogen (secondary N) is 1. The van der Waals surface area contributed by atoms with Crippen LogP contribution >= 0.6 is 0 Å². The fraction of sp³-hybridized carbons (Fsp3) is 0.250. The number of carbonyl (C=O) groups excluding carboxylic acids is 1. The maximum Gasteiger partial charge on any atom is 0.253 e. The van der Waals surface area contributed by atoms with Crippen LogP contribution in [0, 0.1) is 0 Å². The quantitative estimate of drug-likeness (QED) is 0.787. The summed E-state index contributed by atoms with van der Waals surface area (Å²) in [5, 5.41) is 0. The molecule has 1 aliphatic heterocycles. The van der Waals surface area contributed by atoms with E-state index in [1.165, 1.54) is 5.56 Å². The van der Waals surface area contributed by atoms with Gasteiger partial charge in [-0.05, 0) is 23.8 Å². The molecule has 0 unspecified atom stereocenters. The minimum atomic E-state index is 0.0828. The zero-order valence-electron chi connectivity index (χ0n) is 14.5. The molecule has 0 saturated carbocycles.